The van der Waals surface area contributed by atoms with Crippen molar-refractivity contribution in [3.63, 3.8) is 0 Å². The maximum Gasteiger partial charge on any atom is 0.179 e. The van der Waals surface area contributed by atoms with Crippen molar-refractivity contribution >= 4 is 0 Å². The normalized spacial score (nSPS) is 14.7. The standard InChI is InChI=1S/C17H16N2O/c18-13-19-10-17(11-19)20-12-14-5-4-8-16(9-14)15-6-2-1-3-7-15/h1-9,17H,10-12H2. The van der Waals surface area contributed by atoms with Gasteiger partial charge in [-0.15, -0.1) is 0 Å². The average Bonchev–Trinajstić information content (AvgIpc) is 2.47. The molecule has 3 heteroatoms. The van der Waals surface area contributed by atoms with E-state index in [4.69, 9.17) is 10.00 Å². The van der Waals surface area contributed by atoms with E-state index in [9.17, 15) is 0 Å². The zero-order valence-electron chi connectivity index (χ0n) is 11.2. The highest BCUT2D eigenvalue weighted by Crippen LogP contribution is 2.21. The highest BCUT2D eigenvalue weighted by molar-refractivity contribution is 5.63. The van der Waals surface area contributed by atoms with Gasteiger partial charge in [-0.2, -0.15) is 5.26 Å². The Bertz CT molecular complexity index is 612. The van der Waals surface area contributed by atoms with Crippen LogP contribution in [0.4, 0.5) is 0 Å². The van der Waals surface area contributed by atoms with Gasteiger partial charge in [0, 0.05) is 0 Å². The molecular formula is C17H16N2O. The monoisotopic (exact) mass is 264 g/mol. The summed E-state index contributed by atoms with van der Waals surface area (Å²) in [6.45, 7) is 2.04. The van der Waals surface area contributed by atoms with E-state index >= 15 is 0 Å². The molecule has 0 aliphatic carbocycles. The Morgan fingerprint density at radius 1 is 1.05 bits per heavy atom. The molecule has 0 aromatic heterocycles. The summed E-state index contributed by atoms with van der Waals surface area (Å²) in [7, 11) is 0. The first kappa shape index (κ1) is 12.7. The van der Waals surface area contributed by atoms with Gasteiger partial charge in [0.2, 0.25) is 0 Å². The van der Waals surface area contributed by atoms with Gasteiger partial charge < -0.3 is 9.64 Å². The predicted octanol–water partition coefficient (Wildman–Crippen LogP) is 3.04. The molecule has 0 atom stereocenters. The predicted molar refractivity (Wildman–Crippen MR) is 77.6 cm³/mol. The molecule has 20 heavy (non-hydrogen) atoms. The molecule has 0 saturated carbocycles. The van der Waals surface area contributed by atoms with Crippen molar-refractivity contribution in [1.82, 2.24) is 4.90 Å². The molecule has 1 saturated heterocycles. The van der Waals surface area contributed by atoms with Gasteiger partial charge in [-0.1, -0.05) is 48.5 Å². The molecule has 1 aliphatic rings. The Labute approximate surface area is 119 Å². The Morgan fingerprint density at radius 3 is 2.55 bits per heavy atom. The van der Waals surface area contributed by atoms with Crippen LogP contribution in [0.3, 0.4) is 0 Å². The van der Waals surface area contributed by atoms with Gasteiger partial charge in [0.15, 0.2) is 6.19 Å². The Balaban J connectivity index is 1.62. The number of likely N-dealkylation sites (tertiary alicyclic amines) is 1. The number of benzene rings is 2. The number of rotatable bonds is 4. The average molecular weight is 264 g/mol. The van der Waals surface area contributed by atoms with Crippen molar-refractivity contribution in [3.05, 3.63) is 60.2 Å². The second-order valence-corrected chi connectivity index (χ2v) is 5.00. The van der Waals surface area contributed by atoms with Gasteiger partial charge in [0.25, 0.3) is 0 Å². The van der Waals surface area contributed by atoms with Crippen LogP contribution in [0, 0.1) is 11.5 Å². The molecule has 0 bridgehead atoms. The summed E-state index contributed by atoms with van der Waals surface area (Å²) in [4.78, 5) is 1.70. The van der Waals surface area contributed by atoms with Crippen molar-refractivity contribution in [2.45, 2.75) is 12.7 Å². The summed E-state index contributed by atoms with van der Waals surface area (Å²) in [5, 5.41) is 8.67. The van der Waals surface area contributed by atoms with Crippen LogP contribution in [0.2, 0.25) is 0 Å². The van der Waals surface area contributed by atoms with Gasteiger partial charge >= 0.3 is 0 Å². The van der Waals surface area contributed by atoms with Crippen molar-refractivity contribution in [3.8, 4) is 17.3 Å². The Kier molecular flexibility index (Phi) is 3.67. The molecule has 0 spiro atoms. The fourth-order valence-electron chi connectivity index (χ4n) is 2.31. The van der Waals surface area contributed by atoms with Crippen LogP contribution < -0.4 is 0 Å². The SMILES string of the molecule is N#CN1CC(OCc2cccc(-c3ccccc3)c2)C1. The molecule has 0 radical (unpaired) electrons. The van der Waals surface area contributed by atoms with Crippen molar-refractivity contribution in [2.75, 3.05) is 13.1 Å². The quantitative estimate of drug-likeness (QED) is 0.796. The molecule has 3 rings (SSSR count). The minimum absolute atomic E-state index is 0.190. The lowest BCUT2D eigenvalue weighted by atomic mass is 10.0. The number of nitriles is 1. The highest BCUT2D eigenvalue weighted by atomic mass is 16.5. The van der Waals surface area contributed by atoms with Crippen LogP contribution in [0.15, 0.2) is 54.6 Å². The summed E-state index contributed by atoms with van der Waals surface area (Å²) < 4.78 is 5.79. The molecule has 0 amide bonds. The van der Waals surface area contributed by atoms with E-state index in [0.717, 1.165) is 13.1 Å². The summed E-state index contributed by atoms with van der Waals surface area (Å²) in [6.07, 6.45) is 2.30. The van der Waals surface area contributed by atoms with Gasteiger partial charge in [-0.25, -0.2) is 0 Å². The van der Waals surface area contributed by atoms with Gasteiger partial charge in [0.05, 0.1) is 25.8 Å². The third-order valence-electron chi connectivity index (χ3n) is 3.51. The molecule has 1 aliphatic heterocycles. The maximum absolute atomic E-state index is 8.67. The summed E-state index contributed by atoms with van der Waals surface area (Å²) in [5.41, 5.74) is 3.59. The van der Waals surface area contributed by atoms with Crippen LogP contribution >= 0.6 is 0 Å². The smallest absolute Gasteiger partial charge is 0.179 e. The van der Waals surface area contributed by atoms with Crippen LogP contribution in [-0.4, -0.2) is 24.1 Å². The number of nitrogens with zero attached hydrogens (tertiary/aromatic N) is 2. The Hall–Kier alpha value is -2.31. The van der Waals surface area contributed by atoms with E-state index in [1.54, 1.807) is 4.90 Å². The van der Waals surface area contributed by atoms with Crippen molar-refractivity contribution in [1.29, 1.82) is 5.26 Å². The van der Waals surface area contributed by atoms with E-state index < -0.39 is 0 Å². The minimum atomic E-state index is 0.190. The zero-order chi connectivity index (χ0) is 13.8. The largest absolute Gasteiger partial charge is 0.370 e. The number of hydrogen-bond acceptors (Lipinski definition) is 3. The first-order valence-corrected chi connectivity index (χ1v) is 6.76. The number of hydrogen-bond donors (Lipinski definition) is 0. The van der Waals surface area contributed by atoms with Gasteiger partial charge in [0.1, 0.15) is 0 Å². The minimum Gasteiger partial charge on any atom is -0.370 e. The van der Waals surface area contributed by atoms with Crippen molar-refractivity contribution < 1.29 is 4.74 Å². The van der Waals surface area contributed by atoms with E-state index in [1.165, 1.54) is 16.7 Å². The molecule has 3 nitrogen and oxygen atoms in total. The van der Waals surface area contributed by atoms with Crippen LogP contribution in [0.25, 0.3) is 11.1 Å². The molecule has 100 valence electrons. The first-order valence-electron chi connectivity index (χ1n) is 6.76. The third kappa shape index (κ3) is 2.81. The molecule has 0 N–H and O–H groups in total. The van der Waals surface area contributed by atoms with Crippen LogP contribution in [0.5, 0.6) is 0 Å². The fraction of sp³-hybridized carbons (Fsp3) is 0.235. The zero-order valence-corrected chi connectivity index (χ0v) is 11.2. The lowest BCUT2D eigenvalue weighted by molar-refractivity contribution is -0.0400. The second-order valence-electron chi connectivity index (χ2n) is 5.00. The lowest BCUT2D eigenvalue weighted by Gasteiger charge is -2.34. The topological polar surface area (TPSA) is 36.3 Å². The van der Waals surface area contributed by atoms with E-state index in [1.807, 2.05) is 18.2 Å². The van der Waals surface area contributed by atoms with E-state index in [-0.39, 0.29) is 6.10 Å². The van der Waals surface area contributed by atoms with E-state index in [2.05, 4.69) is 42.6 Å². The molecule has 2 aromatic carbocycles. The Morgan fingerprint density at radius 2 is 1.80 bits per heavy atom. The number of ether oxygens (including phenoxy) is 1. The molecular weight excluding hydrogens is 248 g/mol. The second kappa shape index (κ2) is 5.77. The molecule has 0 unspecified atom stereocenters. The van der Waals surface area contributed by atoms with Crippen LogP contribution in [-0.2, 0) is 11.3 Å². The van der Waals surface area contributed by atoms with Gasteiger partial charge in [-0.3, -0.25) is 0 Å². The molecule has 1 heterocycles. The van der Waals surface area contributed by atoms with E-state index in [0.29, 0.717) is 6.61 Å². The van der Waals surface area contributed by atoms with Gasteiger partial charge in [-0.05, 0) is 22.8 Å². The summed E-state index contributed by atoms with van der Waals surface area (Å²) in [6, 6.07) is 18.7. The third-order valence-corrected chi connectivity index (χ3v) is 3.51. The highest BCUT2D eigenvalue weighted by Gasteiger charge is 2.26. The van der Waals surface area contributed by atoms with Crippen LogP contribution in [0.1, 0.15) is 5.56 Å². The first-order chi connectivity index (χ1) is 9.85. The molecule has 1 fully saturated rings. The molecule has 2 aromatic rings. The maximum atomic E-state index is 8.67. The fourth-order valence-corrected chi connectivity index (χ4v) is 2.31. The summed E-state index contributed by atoms with van der Waals surface area (Å²) in [5.74, 6) is 0. The van der Waals surface area contributed by atoms with Crippen molar-refractivity contribution in [2.24, 2.45) is 0 Å². The summed E-state index contributed by atoms with van der Waals surface area (Å²) >= 11 is 0. The lowest BCUT2D eigenvalue weighted by Crippen LogP contribution is -2.49.